The number of carbonyl (C=O) groups excluding carboxylic acids is 1. The first-order valence-corrected chi connectivity index (χ1v) is 11.2. The van der Waals surface area contributed by atoms with Crippen LogP contribution in [-0.2, 0) is 22.6 Å². The number of rotatable bonds is 4. The number of hydrogen-bond donors (Lipinski definition) is 4. The fourth-order valence-corrected chi connectivity index (χ4v) is 4.97. The molecule has 2 aromatic carbocycles. The van der Waals surface area contributed by atoms with Crippen molar-refractivity contribution >= 4 is 22.9 Å². The van der Waals surface area contributed by atoms with Crippen LogP contribution in [0.3, 0.4) is 0 Å². The fraction of sp³-hybridized carbons (Fsp3) is 0.400. The summed E-state index contributed by atoms with van der Waals surface area (Å²) in [5, 5.41) is 32.6. The lowest BCUT2D eigenvalue weighted by Gasteiger charge is -2.42. The Kier molecular flexibility index (Phi) is 5.70. The minimum Gasteiger partial charge on any atom is -0.487 e. The zero-order chi connectivity index (χ0) is 23.3. The maximum atomic E-state index is 13.8. The molecule has 4 N–H and O–H groups in total. The monoisotopic (exact) mass is 454 g/mol. The number of aliphatic hydroxyl groups excluding tert-OH is 3. The molecule has 8 heteroatoms. The highest BCUT2D eigenvalue weighted by Crippen LogP contribution is 2.42. The van der Waals surface area contributed by atoms with E-state index in [1.165, 1.54) is 12.1 Å². The number of nitrogens with one attached hydrogen (secondary N) is 1. The molecule has 4 unspecified atom stereocenters. The van der Waals surface area contributed by atoms with Crippen LogP contribution in [0.4, 0.5) is 10.1 Å². The summed E-state index contributed by atoms with van der Waals surface area (Å²) in [7, 11) is 0. The molecule has 2 aromatic rings. The van der Waals surface area contributed by atoms with E-state index in [1.54, 1.807) is 6.07 Å². The summed E-state index contributed by atoms with van der Waals surface area (Å²) in [5.74, 6) is -0.232. The predicted octanol–water partition coefficient (Wildman–Crippen LogP) is 1.90. The molecule has 3 aliphatic rings. The Balaban J connectivity index is 1.30. The van der Waals surface area contributed by atoms with Gasteiger partial charge in [-0.25, -0.2) is 4.39 Å². The van der Waals surface area contributed by atoms with Crippen molar-refractivity contribution < 1.29 is 29.2 Å². The van der Waals surface area contributed by atoms with Crippen LogP contribution in [0.2, 0.25) is 0 Å². The second kappa shape index (κ2) is 8.53. The van der Waals surface area contributed by atoms with Gasteiger partial charge in [0.15, 0.2) is 0 Å². The molecule has 0 aromatic heterocycles. The quantitative estimate of drug-likeness (QED) is 0.527. The lowest BCUT2D eigenvalue weighted by molar-refractivity contribution is -0.133. The molecule has 5 rings (SSSR count). The van der Waals surface area contributed by atoms with Crippen LogP contribution in [0.15, 0.2) is 36.4 Å². The summed E-state index contributed by atoms with van der Waals surface area (Å²) in [6.07, 6.45) is -1.41. The Morgan fingerprint density at radius 3 is 2.76 bits per heavy atom. The van der Waals surface area contributed by atoms with Crippen LogP contribution >= 0.6 is 0 Å². The average molecular weight is 454 g/mol. The minimum atomic E-state index is -1.11. The van der Waals surface area contributed by atoms with Crippen molar-refractivity contribution in [2.75, 3.05) is 18.4 Å². The number of likely N-dealkylation sites (tertiary alicyclic amines) is 1. The molecular weight excluding hydrogens is 427 g/mol. The van der Waals surface area contributed by atoms with E-state index in [4.69, 9.17) is 4.74 Å². The number of ether oxygens (including phenoxy) is 1. The van der Waals surface area contributed by atoms with E-state index in [2.05, 4.69) is 11.4 Å². The van der Waals surface area contributed by atoms with Crippen molar-refractivity contribution in [3.63, 3.8) is 0 Å². The second-order valence-corrected chi connectivity index (χ2v) is 9.02. The fourth-order valence-electron chi connectivity index (χ4n) is 4.97. The van der Waals surface area contributed by atoms with Gasteiger partial charge in [0, 0.05) is 35.0 Å². The van der Waals surface area contributed by atoms with E-state index >= 15 is 0 Å². The predicted molar refractivity (Wildman–Crippen MR) is 120 cm³/mol. The molecule has 4 atom stereocenters. The number of β-amino-alcohol motifs (C(OH)–C–C–N with tert-alkyl or cyclic N) is 1. The summed E-state index contributed by atoms with van der Waals surface area (Å²) in [5.41, 5.74) is 4.38. The van der Waals surface area contributed by atoms with Gasteiger partial charge < -0.3 is 25.4 Å². The number of benzene rings is 2. The number of aliphatic hydroxyl groups is 3. The van der Waals surface area contributed by atoms with Gasteiger partial charge in [0.05, 0.1) is 17.8 Å². The molecule has 3 aliphatic heterocycles. The number of anilines is 1. The smallest absolute Gasteiger partial charge is 0.260 e. The molecule has 1 fully saturated rings. The third-order valence-electron chi connectivity index (χ3n) is 6.89. The summed E-state index contributed by atoms with van der Waals surface area (Å²) in [6.45, 7) is 3.22. The van der Waals surface area contributed by atoms with Gasteiger partial charge in [-0.05, 0) is 50.1 Å². The number of aryl methyl sites for hydroxylation is 1. The largest absolute Gasteiger partial charge is 0.487 e. The molecule has 1 saturated heterocycles. The molecule has 174 valence electrons. The highest BCUT2D eigenvalue weighted by atomic mass is 19.1. The van der Waals surface area contributed by atoms with Crippen molar-refractivity contribution in [2.24, 2.45) is 0 Å². The maximum absolute atomic E-state index is 13.8. The van der Waals surface area contributed by atoms with Crippen LogP contribution in [0.25, 0.3) is 11.3 Å². The summed E-state index contributed by atoms with van der Waals surface area (Å²) >= 11 is 0. The highest BCUT2D eigenvalue weighted by molar-refractivity contribution is 6.36. The van der Waals surface area contributed by atoms with E-state index < -0.39 is 24.1 Å². The zero-order valence-electron chi connectivity index (χ0n) is 18.3. The number of fused-ring (bicyclic) bond motifs is 2. The van der Waals surface area contributed by atoms with Crippen molar-refractivity contribution in [3.05, 3.63) is 64.5 Å². The Hall–Kier alpha value is -2.78. The molecule has 33 heavy (non-hydrogen) atoms. The van der Waals surface area contributed by atoms with Crippen LogP contribution < -0.4 is 5.32 Å². The standard InChI is InChI=1S/C25H27FN2O5/c1-13-22(30)23(31)20(29)11-28(13)8-2-3-14-4-6-17-15(9-14)12-33-24(17)21-18-10-16(26)5-7-19(18)27-25(21)32/h4-7,9-10,13,20,22-23,29-31H,2-3,8,11-12H2,1H3,(H,27,32). The van der Waals surface area contributed by atoms with Crippen LogP contribution in [0, 0.1) is 5.82 Å². The molecular formula is C25H27FN2O5. The summed E-state index contributed by atoms with van der Waals surface area (Å²) in [6, 6.07) is 10.00. The molecule has 0 aliphatic carbocycles. The molecule has 3 heterocycles. The lowest BCUT2D eigenvalue weighted by Crippen LogP contribution is -2.60. The zero-order valence-corrected chi connectivity index (χ0v) is 18.3. The molecule has 0 spiro atoms. The molecule has 7 nitrogen and oxygen atoms in total. The van der Waals surface area contributed by atoms with Crippen molar-refractivity contribution in [3.8, 4) is 0 Å². The topological polar surface area (TPSA) is 102 Å². The van der Waals surface area contributed by atoms with E-state index in [9.17, 15) is 24.5 Å². The Bertz CT molecular complexity index is 1130. The second-order valence-electron chi connectivity index (χ2n) is 9.02. The number of amides is 1. The van der Waals surface area contributed by atoms with Gasteiger partial charge >= 0.3 is 0 Å². The number of nitrogens with zero attached hydrogens (tertiary/aromatic N) is 1. The maximum Gasteiger partial charge on any atom is 0.260 e. The van der Waals surface area contributed by atoms with Crippen LogP contribution in [-0.4, -0.2) is 63.6 Å². The van der Waals surface area contributed by atoms with E-state index in [0.29, 0.717) is 42.3 Å². The number of hydrogen-bond acceptors (Lipinski definition) is 6. The summed E-state index contributed by atoms with van der Waals surface area (Å²) < 4.78 is 19.7. The van der Waals surface area contributed by atoms with Crippen molar-refractivity contribution in [1.82, 2.24) is 4.90 Å². The third kappa shape index (κ3) is 3.93. The van der Waals surface area contributed by atoms with Gasteiger partial charge in [0.2, 0.25) is 0 Å². The first-order valence-electron chi connectivity index (χ1n) is 11.2. The van der Waals surface area contributed by atoms with Crippen LogP contribution in [0.1, 0.15) is 35.6 Å². The molecule has 0 saturated carbocycles. The molecule has 1 amide bonds. The van der Waals surface area contributed by atoms with Crippen molar-refractivity contribution in [2.45, 2.75) is 50.7 Å². The number of piperidine rings is 1. The first-order chi connectivity index (χ1) is 15.8. The molecule has 0 radical (unpaired) electrons. The average Bonchev–Trinajstić information content (AvgIpc) is 3.34. The Morgan fingerprint density at radius 1 is 1.12 bits per heavy atom. The first kappa shape index (κ1) is 22.0. The van der Waals surface area contributed by atoms with Gasteiger partial charge in [-0.1, -0.05) is 18.2 Å². The van der Waals surface area contributed by atoms with E-state index in [1.807, 2.05) is 24.0 Å². The minimum absolute atomic E-state index is 0.226. The van der Waals surface area contributed by atoms with Gasteiger partial charge in [0.25, 0.3) is 5.91 Å². The molecule has 0 bridgehead atoms. The highest BCUT2D eigenvalue weighted by Gasteiger charge is 2.38. The number of halogens is 1. The van der Waals surface area contributed by atoms with Gasteiger partial charge in [-0.2, -0.15) is 0 Å². The van der Waals surface area contributed by atoms with Gasteiger partial charge in [-0.3, -0.25) is 9.69 Å². The normalized spacial score (nSPS) is 28.9. The van der Waals surface area contributed by atoms with Gasteiger partial charge in [-0.15, -0.1) is 0 Å². The third-order valence-corrected chi connectivity index (χ3v) is 6.89. The Labute approximate surface area is 191 Å². The van der Waals surface area contributed by atoms with Crippen LogP contribution in [0.5, 0.6) is 0 Å². The van der Waals surface area contributed by atoms with Gasteiger partial charge in [0.1, 0.15) is 24.3 Å². The number of carbonyl (C=O) groups is 1. The SMILES string of the molecule is CC1C(O)C(O)C(O)CN1CCCc1ccc2c(c1)COC2=C1C(=O)Nc2ccc(F)cc21. The van der Waals surface area contributed by atoms with E-state index in [-0.39, 0.29) is 11.9 Å². The van der Waals surface area contributed by atoms with E-state index in [0.717, 1.165) is 29.5 Å². The summed E-state index contributed by atoms with van der Waals surface area (Å²) in [4.78, 5) is 14.6. The lowest BCUT2D eigenvalue weighted by atomic mass is 9.94. The van der Waals surface area contributed by atoms with Crippen molar-refractivity contribution in [1.29, 1.82) is 0 Å². The Morgan fingerprint density at radius 2 is 1.94 bits per heavy atom.